The highest BCUT2D eigenvalue weighted by molar-refractivity contribution is 5.96. The molecule has 3 heteroatoms. The van der Waals surface area contributed by atoms with Gasteiger partial charge in [-0.2, -0.15) is 0 Å². The molecule has 1 unspecified atom stereocenters. The van der Waals surface area contributed by atoms with Crippen LogP contribution in [0, 0.1) is 6.92 Å². The zero-order chi connectivity index (χ0) is 13.0. The van der Waals surface area contributed by atoms with Crippen molar-refractivity contribution in [2.45, 2.75) is 45.1 Å². The maximum atomic E-state index is 12.1. The predicted molar refractivity (Wildman–Crippen MR) is 72.7 cm³/mol. The highest BCUT2D eigenvalue weighted by atomic mass is 16.5. The van der Waals surface area contributed by atoms with E-state index in [1.165, 1.54) is 6.42 Å². The van der Waals surface area contributed by atoms with E-state index in [1.807, 2.05) is 19.1 Å². The molecule has 98 valence electrons. The number of nitrogen functional groups attached to an aromatic ring is 1. The number of ketones is 1. The summed E-state index contributed by atoms with van der Waals surface area (Å²) in [6.07, 6.45) is 5.14. The van der Waals surface area contributed by atoms with Crippen LogP contribution in [0.3, 0.4) is 0 Å². The molecule has 0 aromatic heterocycles. The number of hydrogen-bond donors (Lipinski definition) is 1. The lowest BCUT2D eigenvalue weighted by atomic mass is 9.99. The SMILES string of the molecule is Cc1cc(C(=O)CCC2CCCCO2)ccc1N. The molecule has 0 radical (unpaired) electrons. The van der Waals surface area contributed by atoms with Gasteiger partial charge in [-0.1, -0.05) is 0 Å². The van der Waals surface area contributed by atoms with Crippen LogP contribution in [0.2, 0.25) is 0 Å². The summed E-state index contributed by atoms with van der Waals surface area (Å²) in [4.78, 5) is 12.1. The Labute approximate surface area is 108 Å². The number of ether oxygens (including phenoxy) is 1. The van der Waals surface area contributed by atoms with Gasteiger partial charge in [0.1, 0.15) is 0 Å². The first-order valence-corrected chi connectivity index (χ1v) is 6.68. The number of hydrogen-bond acceptors (Lipinski definition) is 3. The first-order chi connectivity index (χ1) is 8.66. The Bertz CT molecular complexity index is 423. The number of anilines is 1. The fourth-order valence-electron chi connectivity index (χ4n) is 2.32. The van der Waals surface area contributed by atoms with Crippen molar-refractivity contribution in [3.05, 3.63) is 29.3 Å². The lowest BCUT2D eigenvalue weighted by Gasteiger charge is -2.22. The molecule has 1 atom stereocenters. The summed E-state index contributed by atoms with van der Waals surface area (Å²) in [5.41, 5.74) is 8.22. The molecule has 2 rings (SSSR count). The number of carbonyl (C=O) groups excluding carboxylic acids is 1. The third kappa shape index (κ3) is 3.33. The molecular formula is C15H21NO2. The van der Waals surface area contributed by atoms with Gasteiger partial charge in [0.2, 0.25) is 0 Å². The maximum absolute atomic E-state index is 12.1. The number of rotatable bonds is 4. The summed E-state index contributed by atoms with van der Waals surface area (Å²) in [6, 6.07) is 5.49. The molecule has 18 heavy (non-hydrogen) atoms. The van der Waals surface area contributed by atoms with Crippen LogP contribution >= 0.6 is 0 Å². The number of nitrogens with two attached hydrogens (primary N) is 1. The van der Waals surface area contributed by atoms with Gasteiger partial charge >= 0.3 is 0 Å². The second kappa shape index (κ2) is 6.01. The van der Waals surface area contributed by atoms with E-state index in [-0.39, 0.29) is 11.9 Å². The van der Waals surface area contributed by atoms with Crippen LogP contribution in [0.15, 0.2) is 18.2 Å². The monoisotopic (exact) mass is 247 g/mol. The molecule has 1 aromatic carbocycles. The van der Waals surface area contributed by atoms with Gasteiger partial charge in [-0.3, -0.25) is 4.79 Å². The van der Waals surface area contributed by atoms with Gasteiger partial charge in [0.15, 0.2) is 5.78 Å². The first kappa shape index (κ1) is 13.1. The summed E-state index contributed by atoms with van der Waals surface area (Å²) in [5, 5.41) is 0. The Morgan fingerprint density at radius 3 is 2.94 bits per heavy atom. The minimum atomic E-state index is 0.187. The Hall–Kier alpha value is -1.35. The van der Waals surface area contributed by atoms with Gasteiger partial charge in [-0.15, -0.1) is 0 Å². The van der Waals surface area contributed by atoms with Crippen molar-refractivity contribution < 1.29 is 9.53 Å². The Balaban J connectivity index is 1.88. The van der Waals surface area contributed by atoms with Crippen molar-refractivity contribution in [3.63, 3.8) is 0 Å². The van der Waals surface area contributed by atoms with E-state index in [0.717, 1.165) is 42.7 Å². The third-order valence-corrected chi connectivity index (χ3v) is 3.56. The summed E-state index contributed by atoms with van der Waals surface area (Å²) in [7, 11) is 0. The largest absolute Gasteiger partial charge is 0.399 e. The van der Waals surface area contributed by atoms with Crippen molar-refractivity contribution in [2.24, 2.45) is 0 Å². The van der Waals surface area contributed by atoms with Gasteiger partial charge in [-0.05, 0) is 56.4 Å². The fourth-order valence-corrected chi connectivity index (χ4v) is 2.32. The quantitative estimate of drug-likeness (QED) is 0.657. The van der Waals surface area contributed by atoms with E-state index in [4.69, 9.17) is 10.5 Å². The molecule has 1 heterocycles. The van der Waals surface area contributed by atoms with E-state index in [2.05, 4.69) is 0 Å². The predicted octanol–water partition coefficient (Wildman–Crippen LogP) is 3.11. The normalized spacial score (nSPS) is 19.7. The highest BCUT2D eigenvalue weighted by Gasteiger charge is 2.16. The van der Waals surface area contributed by atoms with E-state index in [1.54, 1.807) is 6.07 Å². The van der Waals surface area contributed by atoms with Crippen LogP contribution in [0.4, 0.5) is 5.69 Å². The molecule has 2 N–H and O–H groups in total. The van der Waals surface area contributed by atoms with Gasteiger partial charge in [0.05, 0.1) is 6.10 Å². The standard InChI is InChI=1S/C15H21NO2/c1-11-10-12(5-7-14(11)16)15(17)8-6-13-4-2-3-9-18-13/h5,7,10,13H,2-4,6,8-9,16H2,1H3. The summed E-state index contributed by atoms with van der Waals surface area (Å²) < 4.78 is 5.63. The van der Waals surface area contributed by atoms with E-state index in [0.29, 0.717) is 6.42 Å². The van der Waals surface area contributed by atoms with Crippen LogP contribution in [0.25, 0.3) is 0 Å². The lowest BCUT2D eigenvalue weighted by molar-refractivity contribution is 0.0104. The van der Waals surface area contributed by atoms with Crippen LogP contribution in [0.5, 0.6) is 0 Å². The number of benzene rings is 1. The van der Waals surface area contributed by atoms with Crippen LogP contribution < -0.4 is 5.73 Å². The topological polar surface area (TPSA) is 52.3 Å². The van der Waals surface area contributed by atoms with E-state index >= 15 is 0 Å². The Kier molecular flexibility index (Phi) is 4.37. The van der Waals surface area contributed by atoms with Crippen LogP contribution in [-0.2, 0) is 4.74 Å². The second-order valence-corrected chi connectivity index (χ2v) is 5.02. The van der Waals surface area contributed by atoms with Crippen LogP contribution in [0.1, 0.15) is 48.0 Å². The molecule has 0 aliphatic carbocycles. The zero-order valence-corrected chi connectivity index (χ0v) is 10.9. The molecule has 1 aliphatic rings. The second-order valence-electron chi connectivity index (χ2n) is 5.02. The fraction of sp³-hybridized carbons (Fsp3) is 0.533. The summed E-state index contributed by atoms with van der Waals surface area (Å²) in [5.74, 6) is 0.187. The number of carbonyl (C=O) groups is 1. The number of Topliss-reactive ketones (excluding diaryl/α,β-unsaturated/α-hetero) is 1. The summed E-state index contributed by atoms with van der Waals surface area (Å²) in [6.45, 7) is 2.77. The maximum Gasteiger partial charge on any atom is 0.162 e. The first-order valence-electron chi connectivity index (χ1n) is 6.68. The molecule has 1 saturated heterocycles. The minimum absolute atomic E-state index is 0.187. The van der Waals surface area contributed by atoms with Crippen molar-refractivity contribution in [1.29, 1.82) is 0 Å². The summed E-state index contributed by atoms with van der Waals surface area (Å²) >= 11 is 0. The van der Waals surface area contributed by atoms with Gasteiger partial charge in [0, 0.05) is 24.3 Å². The van der Waals surface area contributed by atoms with Crippen LogP contribution in [-0.4, -0.2) is 18.5 Å². The molecule has 1 fully saturated rings. The lowest BCUT2D eigenvalue weighted by Crippen LogP contribution is -2.20. The Morgan fingerprint density at radius 2 is 2.28 bits per heavy atom. The average molecular weight is 247 g/mol. The molecule has 0 amide bonds. The van der Waals surface area contributed by atoms with Gasteiger partial charge < -0.3 is 10.5 Å². The molecule has 0 bridgehead atoms. The number of aryl methyl sites for hydroxylation is 1. The molecular weight excluding hydrogens is 226 g/mol. The molecule has 3 nitrogen and oxygen atoms in total. The molecule has 1 aliphatic heterocycles. The molecule has 0 saturated carbocycles. The third-order valence-electron chi connectivity index (χ3n) is 3.56. The smallest absolute Gasteiger partial charge is 0.162 e. The van der Waals surface area contributed by atoms with Gasteiger partial charge in [-0.25, -0.2) is 0 Å². The van der Waals surface area contributed by atoms with E-state index in [9.17, 15) is 4.79 Å². The van der Waals surface area contributed by atoms with Crippen molar-refractivity contribution in [2.75, 3.05) is 12.3 Å². The average Bonchev–Trinajstić information content (AvgIpc) is 2.40. The highest BCUT2D eigenvalue weighted by Crippen LogP contribution is 2.19. The Morgan fingerprint density at radius 1 is 1.44 bits per heavy atom. The minimum Gasteiger partial charge on any atom is -0.399 e. The van der Waals surface area contributed by atoms with Gasteiger partial charge in [0.25, 0.3) is 0 Å². The zero-order valence-electron chi connectivity index (χ0n) is 10.9. The van der Waals surface area contributed by atoms with E-state index < -0.39 is 0 Å². The molecule has 1 aromatic rings. The van der Waals surface area contributed by atoms with Crippen molar-refractivity contribution in [3.8, 4) is 0 Å². The molecule has 0 spiro atoms. The van der Waals surface area contributed by atoms with Crippen molar-refractivity contribution >= 4 is 11.5 Å². The van der Waals surface area contributed by atoms with Crippen molar-refractivity contribution in [1.82, 2.24) is 0 Å².